The van der Waals surface area contributed by atoms with E-state index in [1.165, 1.54) is 6.07 Å². The fraction of sp³-hybridized carbons (Fsp3) is 0.400. The summed E-state index contributed by atoms with van der Waals surface area (Å²) in [5.41, 5.74) is 0.0914. The molecule has 0 saturated heterocycles. The molecule has 1 saturated carbocycles. The van der Waals surface area contributed by atoms with Gasteiger partial charge in [0.15, 0.2) is 0 Å². The SMILES string of the molecule is Cc1ccc(NC(=O)C[S@](=O)CC(=O)N(CC(=O)NC2CCCC2)c2ccc(Cl)c(C(F)(F)F)c2)cc1. The van der Waals surface area contributed by atoms with E-state index in [0.29, 0.717) is 11.8 Å². The summed E-state index contributed by atoms with van der Waals surface area (Å²) in [6.45, 7) is 1.31. The Kier molecular flexibility index (Phi) is 9.72. The first-order chi connectivity index (χ1) is 17.4. The molecule has 2 aromatic carbocycles. The van der Waals surface area contributed by atoms with Crippen LogP contribution in [0.25, 0.3) is 0 Å². The van der Waals surface area contributed by atoms with Crippen LogP contribution in [0.1, 0.15) is 36.8 Å². The first-order valence-electron chi connectivity index (χ1n) is 11.6. The second-order valence-corrected chi connectivity index (χ2v) is 10.7. The largest absolute Gasteiger partial charge is 0.417 e. The van der Waals surface area contributed by atoms with Gasteiger partial charge in [-0.05, 0) is 50.1 Å². The van der Waals surface area contributed by atoms with E-state index in [1.807, 2.05) is 6.92 Å². The molecule has 0 bridgehead atoms. The molecule has 0 heterocycles. The van der Waals surface area contributed by atoms with E-state index >= 15 is 0 Å². The lowest BCUT2D eigenvalue weighted by Gasteiger charge is -2.24. The van der Waals surface area contributed by atoms with Gasteiger partial charge in [0.1, 0.15) is 18.1 Å². The van der Waals surface area contributed by atoms with Crippen LogP contribution in [0, 0.1) is 6.92 Å². The van der Waals surface area contributed by atoms with Gasteiger partial charge in [0, 0.05) is 28.2 Å². The Morgan fingerprint density at radius 2 is 1.68 bits per heavy atom. The highest BCUT2D eigenvalue weighted by molar-refractivity contribution is 7.86. The number of rotatable bonds is 9. The van der Waals surface area contributed by atoms with E-state index in [0.717, 1.165) is 42.2 Å². The predicted octanol–water partition coefficient (Wildman–Crippen LogP) is 4.45. The maximum atomic E-state index is 13.4. The molecule has 200 valence electrons. The summed E-state index contributed by atoms with van der Waals surface area (Å²) < 4.78 is 52.9. The predicted molar refractivity (Wildman–Crippen MR) is 137 cm³/mol. The Balaban J connectivity index is 1.73. The van der Waals surface area contributed by atoms with Crippen LogP contribution in [0.5, 0.6) is 0 Å². The molecule has 0 unspecified atom stereocenters. The molecule has 0 aromatic heterocycles. The normalized spacial score (nSPS) is 14.7. The number of amides is 3. The first kappa shape index (κ1) is 28.6. The number of nitrogens with zero attached hydrogens (tertiary/aromatic N) is 1. The summed E-state index contributed by atoms with van der Waals surface area (Å²) in [5.74, 6) is -3.17. The third-order valence-corrected chi connectivity index (χ3v) is 7.28. The number of hydrogen-bond acceptors (Lipinski definition) is 4. The van der Waals surface area contributed by atoms with Crippen molar-refractivity contribution in [3.63, 3.8) is 0 Å². The summed E-state index contributed by atoms with van der Waals surface area (Å²) in [7, 11) is -1.98. The maximum absolute atomic E-state index is 13.4. The Morgan fingerprint density at radius 1 is 1.03 bits per heavy atom. The molecular formula is C25H27ClF3N3O4S. The van der Waals surface area contributed by atoms with Crippen molar-refractivity contribution in [3.8, 4) is 0 Å². The van der Waals surface area contributed by atoms with Crippen LogP contribution in [0.4, 0.5) is 24.5 Å². The van der Waals surface area contributed by atoms with Gasteiger partial charge in [0.25, 0.3) is 0 Å². The molecule has 3 rings (SSSR count). The van der Waals surface area contributed by atoms with Gasteiger partial charge in [0.05, 0.1) is 10.6 Å². The van der Waals surface area contributed by atoms with Crippen LogP contribution in [0.3, 0.4) is 0 Å². The molecule has 2 N–H and O–H groups in total. The molecule has 1 atom stereocenters. The number of carbonyl (C=O) groups excluding carboxylic acids is 3. The second-order valence-electron chi connectivity index (χ2n) is 8.83. The van der Waals surface area contributed by atoms with Gasteiger partial charge in [-0.25, -0.2) is 0 Å². The van der Waals surface area contributed by atoms with Crippen LogP contribution in [0.2, 0.25) is 5.02 Å². The van der Waals surface area contributed by atoms with E-state index in [4.69, 9.17) is 11.6 Å². The van der Waals surface area contributed by atoms with Crippen molar-refractivity contribution in [2.75, 3.05) is 28.3 Å². The summed E-state index contributed by atoms with van der Waals surface area (Å²) in [4.78, 5) is 38.8. The molecule has 2 aromatic rings. The molecule has 0 spiro atoms. The summed E-state index contributed by atoms with van der Waals surface area (Å²) in [6, 6.07) is 9.69. The van der Waals surface area contributed by atoms with Crippen molar-refractivity contribution in [3.05, 3.63) is 58.6 Å². The molecule has 3 amide bonds. The number of halogens is 4. The smallest absolute Gasteiger partial charge is 0.352 e. The quantitative estimate of drug-likeness (QED) is 0.476. The molecule has 1 fully saturated rings. The van der Waals surface area contributed by atoms with Gasteiger partial charge in [-0.2, -0.15) is 13.2 Å². The molecule has 1 aliphatic carbocycles. The molecule has 37 heavy (non-hydrogen) atoms. The van der Waals surface area contributed by atoms with Crippen LogP contribution >= 0.6 is 11.6 Å². The number of anilines is 2. The minimum absolute atomic E-state index is 0.0694. The van der Waals surface area contributed by atoms with E-state index < -0.39 is 63.3 Å². The van der Waals surface area contributed by atoms with E-state index in [-0.39, 0.29) is 11.7 Å². The van der Waals surface area contributed by atoms with E-state index in [2.05, 4.69) is 10.6 Å². The zero-order chi connectivity index (χ0) is 27.2. The Bertz CT molecular complexity index is 1170. The second kappa shape index (κ2) is 12.6. The topological polar surface area (TPSA) is 95.6 Å². The average molecular weight is 558 g/mol. The number of aryl methyl sites for hydroxylation is 1. The third kappa shape index (κ3) is 8.57. The maximum Gasteiger partial charge on any atom is 0.417 e. The number of alkyl halides is 3. The van der Waals surface area contributed by atoms with Crippen LogP contribution in [-0.2, 0) is 31.4 Å². The van der Waals surface area contributed by atoms with Crippen LogP contribution in [0.15, 0.2) is 42.5 Å². The minimum Gasteiger partial charge on any atom is -0.352 e. The Morgan fingerprint density at radius 3 is 2.30 bits per heavy atom. The van der Waals surface area contributed by atoms with Crippen molar-refractivity contribution < 1.29 is 31.8 Å². The molecule has 0 aliphatic heterocycles. The highest BCUT2D eigenvalue weighted by Gasteiger charge is 2.34. The fourth-order valence-corrected chi connectivity index (χ4v) is 5.08. The highest BCUT2D eigenvalue weighted by atomic mass is 35.5. The molecular weight excluding hydrogens is 531 g/mol. The highest BCUT2D eigenvalue weighted by Crippen LogP contribution is 2.37. The number of carbonyl (C=O) groups is 3. The van der Waals surface area contributed by atoms with Crippen LogP contribution < -0.4 is 15.5 Å². The van der Waals surface area contributed by atoms with Crippen molar-refractivity contribution in [1.29, 1.82) is 0 Å². The van der Waals surface area contributed by atoms with Crippen LogP contribution in [-0.4, -0.2) is 46.0 Å². The van der Waals surface area contributed by atoms with Gasteiger partial charge in [-0.15, -0.1) is 0 Å². The molecule has 0 radical (unpaired) electrons. The zero-order valence-electron chi connectivity index (χ0n) is 20.1. The third-order valence-electron chi connectivity index (χ3n) is 5.80. The Labute approximate surface area is 220 Å². The first-order valence-corrected chi connectivity index (χ1v) is 13.5. The van der Waals surface area contributed by atoms with Gasteiger partial charge >= 0.3 is 6.18 Å². The zero-order valence-corrected chi connectivity index (χ0v) is 21.6. The van der Waals surface area contributed by atoms with Gasteiger partial charge in [0.2, 0.25) is 17.7 Å². The van der Waals surface area contributed by atoms with Gasteiger partial charge in [-0.1, -0.05) is 42.1 Å². The standard InChI is InChI=1S/C25H27ClF3N3O4S/c1-16-6-8-18(9-7-16)31-23(34)14-37(36)15-24(35)32(13-22(33)30-17-4-2-3-5-17)19-10-11-21(26)20(12-19)25(27,28)29/h6-12,17H,2-5,13-15H2,1H3,(H,30,33)(H,31,34)/t37-/m0/s1. The minimum atomic E-state index is -4.79. The average Bonchev–Trinajstić information content (AvgIpc) is 3.31. The lowest BCUT2D eigenvalue weighted by molar-refractivity contribution is -0.137. The summed E-state index contributed by atoms with van der Waals surface area (Å²) in [5, 5.41) is 4.80. The van der Waals surface area contributed by atoms with Crippen molar-refractivity contribution in [2.45, 2.75) is 44.8 Å². The van der Waals surface area contributed by atoms with Gasteiger partial charge < -0.3 is 15.5 Å². The molecule has 1 aliphatic rings. The fourth-order valence-electron chi connectivity index (χ4n) is 3.96. The van der Waals surface area contributed by atoms with Gasteiger partial charge in [-0.3, -0.25) is 18.6 Å². The number of nitrogens with one attached hydrogen (secondary N) is 2. The lowest BCUT2D eigenvalue weighted by Crippen LogP contribution is -2.45. The van der Waals surface area contributed by atoms with E-state index in [9.17, 15) is 31.8 Å². The lowest BCUT2D eigenvalue weighted by atomic mass is 10.1. The monoisotopic (exact) mass is 557 g/mol. The van der Waals surface area contributed by atoms with Crippen molar-refractivity contribution >= 4 is 51.5 Å². The molecule has 12 heteroatoms. The van der Waals surface area contributed by atoms with Crippen molar-refractivity contribution in [1.82, 2.24) is 5.32 Å². The Hall–Kier alpha value is -2.92. The molecule has 7 nitrogen and oxygen atoms in total. The number of hydrogen-bond donors (Lipinski definition) is 2. The van der Waals surface area contributed by atoms with Crippen molar-refractivity contribution in [2.24, 2.45) is 0 Å². The van der Waals surface area contributed by atoms with E-state index in [1.54, 1.807) is 24.3 Å². The number of benzene rings is 2. The summed E-state index contributed by atoms with van der Waals surface area (Å²) >= 11 is 5.71. The summed E-state index contributed by atoms with van der Waals surface area (Å²) in [6.07, 6.45) is -1.34.